The van der Waals surface area contributed by atoms with Crippen LogP contribution in [-0.2, 0) is 14.1 Å². The zero-order valence-electron chi connectivity index (χ0n) is 16.8. The van der Waals surface area contributed by atoms with Gasteiger partial charge in [0, 0.05) is 32.3 Å². The van der Waals surface area contributed by atoms with Gasteiger partial charge in [-0.2, -0.15) is 0 Å². The number of fused-ring (bicyclic) bond motifs is 1. The highest BCUT2D eigenvalue weighted by molar-refractivity contribution is 7.99. The van der Waals surface area contributed by atoms with Crippen LogP contribution in [0.4, 0.5) is 0 Å². The van der Waals surface area contributed by atoms with Crippen molar-refractivity contribution in [2.75, 3.05) is 25.4 Å². The molecular formula is C20H29N5O2S. The average Bonchev–Trinajstić information content (AvgIpc) is 3.24. The van der Waals surface area contributed by atoms with Crippen molar-refractivity contribution in [3.8, 4) is 0 Å². The molecule has 0 radical (unpaired) electrons. The Kier molecular flexibility index (Phi) is 5.87. The normalized spacial score (nSPS) is 18.9. The average molecular weight is 404 g/mol. The molecule has 1 aliphatic heterocycles. The maximum absolute atomic E-state index is 12.9. The molecule has 1 aliphatic carbocycles. The molecule has 0 aromatic carbocycles. The van der Waals surface area contributed by atoms with Crippen molar-refractivity contribution in [3.63, 3.8) is 0 Å². The van der Waals surface area contributed by atoms with E-state index in [-0.39, 0.29) is 11.2 Å². The molecule has 2 aliphatic rings. The Hall–Kier alpha value is -1.67. The van der Waals surface area contributed by atoms with Crippen molar-refractivity contribution in [1.29, 1.82) is 0 Å². The molecule has 4 rings (SSSR count). The van der Waals surface area contributed by atoms with Gasteiger partial charge in [-0.1, -0.05) is 19.3 Å². The van der Waals surface area contributed by atoms with Gasteiger partial charge in [0.2, 0.25) is 0 Å². The Labute approximate surface area is 169 Å². The third-order valence-electron chi connectivity index (χ3n) is 6.10. The summed E-state index contributed by atoms with van der Waals surface area (Å²) in [4.78, 5) is 37.4. The maximum Gasteiger partial charge on any atom is 0.332 e. The van der Waals surface area contributed by atoms with Crippen molar-refractivity contribution in [2.45, 2.75) is 55.9 Å². The van der Waals surface area contributed by atoms with E-state index in [1.54, 1.807) is 18.8 Å². The molecule has 0 spiro atoms. The van der Waals surface area contributed by atoms with Crippen LogP contribution in [0.1, 0.15) is 56.7 Å². The van der Waals surface area contributed by atoms with Gasteiger partial charge >= 0.3 is 5.69 Å². The molecule has 0 N–H and O–H groups in total. The highest BCUT2D eigenvalue weighted by Crippen LogP contribution is 2.33. The molecule has 2 fully saturated rings. The molecule has 2 aromatic heterocycles. The van der Waals surface area contributed by atoms with Crippen LogP contribution in [0.5, 0.6) is 0 Å². The fourth-order valence-electron chi connectivity index (χ4n) is 4.37. The largest absolute Gasteiger partial charge is 0.332 e. The van der Waals surface area contributed by atoms with Crippen molar-refractivity contribution in [2.24, 2.45) is 14.1 Å². The van der Waals surface area contributed by atoms with Gasteiger partial charge in [0.1, 0.15) is 16.2 Å². The molecule has 0 unspecified atom stereocenters. The number of hydrogen-bond acceptors (Lipinski definition) is 6. The Bertz CT molecular complexity index is 971. The first-order chi connectivity index (χ1) is 13.6. The van der Waals surface area contributed by atoms with Crippen LogP contribution in [0.3, 0.4) is 0 Å². The predicted octanol–water partition coefficient (Wildman–Crippen LogP) is 2.26. The van der Waals surface area contributed by atoms with E-state index in [2.05, 4.69) is 4.90 Å². The van der Waals surface area contributed by atoms with Gasteiger partial charge in [-0.15, -0.1) is 11.8 Å². The smallest absolute Gasteiger partial charge is 0.303 e. The number of aryl methyl sites for hydroxylation is 1. The minimum Gasteiger partial charge on any atom is -0.303 e. The lowest BCUT2D eigenvalue weighted by Gasteiger charge is -2.21. The van der Waals surface area contributed by atoms with Crippen molar-refractivity contribution < 1.29 is 0 Å². The van der Waals surface area contributed by atoms with E-state index < -0.39 is 0 Å². The molecule has 8 heteroatoms. The molecule has 0 atom stereocenters. The number of rotatable bonds is 5. The number of likely N-dealkylation sites (tertiary alicyclic amines) is 1. The lowest BCUT2D eigenvalue weighted by atomic mass is 9.89. The van der Waals surface area contributed by atoms with Crippen LogP contribution in [0.15, 0.2) is 14.6 Å². The van der Waals surface area contributed by atoms with Crippen molar-refractivity contribution in [1.82, 2.24) is 24.0 Å². The first kappa shape index (κ1) is 19.6. The van der Waals surface area contributed by atoms with Crippen LogP contribution in [0.25, 0.3) is 11.0 Å². The predicted molar refractivity (Wildman–Crippen MR) is 112 cm³/mol. The number of thioether (sulfide) groups is 1. The van der Waals surface area contributed by atoms with Gasteiger partial charge < -0.3 is 4.90 Å². The minimum atomic E-state index is -0.334. The zero-order chi connectivity index (χ0) is 19.7. The van der Waals surface area contributed by atoms with Crippen LogP contribution in [-0.4, -0.2) is 49.4 Å². The Balaban J connectivity index is 1.75. The summed E-state index contributed by atoms with van der Waals surface area (Å²) in [5.41, 5.74) is -0.150. The Morgan fingerprint density at radius 2 is 1.68 bits per heavy atom. The van der Waals surface area contributed by atoms with Crippen LogP contribution >= 0.6 is 11.8 Å². The SMILES string of the molecule is Cn1c(=O)c2c(SCCN3CCCC3)nc(C3CCCCC3)nc2n(C)c1=O. The molecule has 1 saturated carbocycles. The van der Waals surface area contributed by atoms with E-state index in [0.29, 0.717) is 17.0 Å². The van der Waals surface area contributed by atoms with Gasteiger partial charge in [-0.3, -0.25) is 13.9 Å². The Morgan fingerprint density at radius 3 is 2.39 bits per heavy atom. The van der Waals surface area contributed by atoms with Gasteiger partial charge in [0.25, 0.3) is 5.56 Å². The Morgan fingerprint density at radius 1 is 0.964 bits per heavy atom. The molecular weight excluding hydrogens is 374 g/mol. The van der Waals surface area contributed by atoms with Gasteiger partial charge in [-0.25, -0.2) is 14.8 Å². The standard InChI is InChI=1S/C20H29N5O2S/c1-23-17-15(19(26)24(2)20(23)27)18(28-13-12-25-10-6-7-11-25)22-16(21-17)14-8-4-3-5-9-14/h14H,3-13H2,1-2H3. The fourth-order valence-corrected chi connectivity index (χ4v) is 5.39. The molecule has 1 saturated heterocycles. The number of nitrogens with zero attached hydrogens (tertiary/aromatic N) is 5. The van der Waals surface area contributed by atoms with E-state index >= 15 is 0 Å². The van der Waals surface area contributed by atoms with Gasteiger partial charge in [0.15, 0.2) is 5.65 Å². The van der Waals surface area contributed by atoms with Crippen LogP contribution in [0, 0.1) is 0 Å². The monoisotopic (exact) mass is 403 g/mol. The first-order valence-electron chi connectivity index (χ1n) is 10.4. The second-order valence-electron chi connectivity index (χ2n) is 8.02. The van der Waals surface area contributed by atoms with Crippen molar-refractivity contribution >= 4 is 22.8 Å². The fraction of sp³-hybridized carbons (Fsp3) is 0.700. The molecule has 2 aromatic rings. The molecule has 3 heterocycles. The molecule has 152 valence electrons. The zero-order valence-corrected chi connectivity index (χ0v) is 17.6. The van der Waals surface area contributed by atoms with E-state index in [0.717, 1.165) is 53.6 Å². The van der Waals surface area contributed by atoms with Crippen LogP contribution < -0.4 is 11.2 Å². The van der Waals surface area contributed by atoms with Crippen LogP contribution in [0.2, 0.25) is 0 Å². The summed E-state index contributed by atoms with van der Waals surface area (Å²) in [6.45, 7) is 3.32. The first-order valence-corrected chi connectivity index (χ1v) is 11.4. The second kappa shape index (κ2) is 8.37. The topological polar surface area (TPSA) is 73.0 Å². The summed E-state index contributed by atoms with van der Waals surface area (Å²) in [7, 11) is 3.22. The number of hydrogen-bond donors (Lipinski definition) is 0. The van der Waals surface area contributed by atoms with E-state index in [1.165, 1.54) is 43.7 Å². The minimum absolute atomic E-state index is 0.294. The van der Waals surface area contributed by atoms with E-state index in [4.69, 9.17) is 9.97 Å². The third-order valence-corrected chi connectivity index (χ3v) is 7.05. The summed E-state index contributed by atoms with van der Waals surface area (Å²) in [6.07, 6.45) is 8.37. The quantitative estimate of drug-likeness (QED) is 0.563. The van der Waals surface area contributed by atoms with E-state index in [1.807, 2.05) is 0 Å². The van der Waals surface area contributed by atoms with Gasteiger partial charge in [-0.05, 0) is 38.8 Å². The number of aromatic nitrogens is 4. The highest BCUT2D eigenvalue weighted by Gasteiger charge is 2.23. The second-order valence-corrected chi connectivity index (χ2v) is 9.11. The summed E-state index contributed by atoms with van der Waals surface area (Å²) in [6, 6.07) is 0. The van der Waals surface area contributed by atoms with Gasteiger partial charge in [0.05, 0.1) is 0 Å². The highest BCUT2D eigenvalue weighted by atomic mass is 32.2. The maximum atomic E-state index is 12.9. The molecule has 28 heavy (non-hydrogen) atoms. The summed E-state index contributed by atoms with van der Waals surface area (Å²) < 4.78 is 2.66. The molecule has 0 amide bonds. The summed E-state index contributed by atoms with van der Waals surface area (Å²) >= 11 is 1.63. The third kappa shape index (κ3) is 3.76. The van der Waals surface area contributed by atoms with E-state index in [9.17, 15) is 9.59 Å². The lowest BCUT2D eigenvalue weighted by Crippen LogP contribution is -2.38. The molecule has 0 bridgehead atoms. The van der Waals surface area contributed by atoms with Crippen molar-refractivity contribution in [3.05, 3.63) is 26.7 Å². The molecule has 7 nitrogen and oxygen atoms in total. The lowest BCUT2D eigenvalue weighted by molar-refractivity contribution is 0.362. The summed E-state index contributed by atoms with van der Waals surface area (Å²) in [5.74, 6) is 2.02. The summed E-state index contributed by atoms with van der Waals surface area (Å²) in [5, 5.41) is 1.22.